The van der Waals surface area contributed by atoms with Crippen molar-refractivity contribution >= 4 is 28.8 Å². The molecule has 1 atom stereocenters. The molecule has 1 unspecified atom stereocenters. The predicted molar refractivity (Wildman–Crippen MR) is 147 cm³/mol. The number of hydrogen-bond acceptors (Lipinski definition) is 4. The topological polar surface area (TPSA) is 60.9 Å². The minimum atomic E-state index is -0.733. The molecule has 3 aromatic carbocycles. The van der Waals surface area contributed by atoms with Gasteiger partial charge in [-0.15, -0.1) is 0 Å². The number of aliphatic hydroxyl groups is 1. The number of aliphatic hydroxyl groups excluding tert-OH is 1. The van der Waals surface area contributed by atoms with E-state index in [4.69, 9.17) is 0 Å². The van der Waals surface area contributed by atoms with Gasteiger partial charge in [0.1, 0.15) is 5.76 Å². The van der Waals surface area contributed by atoms with Crippen LogP contribution in [0, 0.1) is 13.8 Å². The van der Waals surface area contributed by atoms with Crippen molar-refractivity contribution in [1.29, 1.82) is 0 Å². The van der Waals surface area contributed by atoms with Gasteiger partial charge in [-0.05, 0) is 81.1 Å². The second-order valence-corrected chi connectivity index (χ2v) is 9.27. The largest absolute Gasteiger partial charge is 0.507 e. The van der Waals surface area contributed by atoms with Crippen molar-refractivity contribution < 1.29 is 14.7 Å². The number of rotatable bonds is 7. The van der Waals surface area contributed by atoms with Gasteiger partial charge in [0.2, 0.25) is 0 Å². The third-order valence-corrected chi connectivity index (χ3v) is 7.05. The van der Waals surface area contributed by atoms with Crippen LogP contribution < -0.4 is 9.80 Å². The van der Waals surface area contributed by atoms with Crippen molar-refractivity contribution in [3.05, 3.63) is 100 Å². The van der Waals surface area contributed by atoms with E-state index >= 15 is 0 Å². The zero-order chi connectivity index (χ0) is 26.0. The van der Waals surface area contributed by atoms with Gasteiger partial charge in [-0.1, -0.05) is 48.9 Å². The van der Waals surface area contributed by atoms with Gasteiger partial charge in [-0.2, -0.15) is 0 Å². The average Bonchev–Trinajstić information content (AvgIpc) is 3.16. The highest BCUT2D eigenvalue weighted by atomic mass is 16.3. The first kappa shape index (κ1) is 25.2. The highest BCUT2D eigenvalue weighted by molar-refractivity contribution is 6.51. The molecule has 3 aromatic rings. The summed E-state index contributed by atoms with van der Waals surface area (Å²) in [5, 5.41) is 11.5. The van der Waals surface area contributed by atoms with Crippen molar-refractivity contribution in [3.8, 4) is 0 Å². The molecule has 1 aliphatic rings. The standard InChI is InChI=1S/C31H34N2O3/c1-6-22-11-15-25(16-12-22)33-28(23-13-17-24(18-14-23)32(7-2)8-3)27(30(35)31(33)36)29(34)26-19-20(4)9-10-21(26)5/h9-19,28,34H,6-8H2,1-5H3/b29-27+. The average molecular weight is 483 g/mol. The summed E-state index contributed by atoms with van der Waals surface area (Å²) in [5.74, 6) is -1.45. The molecule has 186 valence electrons. The van der Waals surface area contributed by atoms with Crippen LogP contribution in [0.3, 0.4) is 0 Å². The van der Waals surface area contributed by atoms with Crippen LogP contribution in [0.5, 0.6) is 0 Å². The highest BCUT2D eigenvalue weighted by Crippen LogP contribution is 2.43. The summed E-state index contributed by atoms with van der Waals surface area (Å²) < 4.78 is 0. The Bertz CT molecular complexity index is 1300. The zero-order valence-electron chi connectivity index (χ0n) is 21.7. The van der Waals surface area contributed by atoms with Gasteiger partial charge in [-0.25, -0.2) is 0 Å². The first-order valence-corrected chi connectivity index (χ1v) is 12.6. The van der Waals surface area contributed by atoms with E-state index in [1.807, 2.05) is 80.6 Å². The Hall–Kier alpha value is -3.86. The summed E-state index contributed by atoms with van der Waals surface area (Å²) in [6.45, 7) is 11.9. The van der Waals surface area contributed by atoms with Crippen LogP contribution >= 0.6 is 0 Å². The van der Waals surface area contributed by atoms with Gasteiger partial charge in [0.15, 0.2) is 0 Å². The number of benzene rings is 3. The third-order valence-electron chi connectivity index (χ3n) is 7.05. The van der Waals surface area contributed by atoms with Crippen LogP contribution in [0.1, 0.15) is 54.6 Å². The SMILES string of the molecule is CCc1ccc(N2C(=O)C(=O)/C(=C(/O)c3cc(C)ccc3C)C2c2ccc(N(CC)CC)cc2)cc1. The van der Waals surface area contributed by atoms with Gasteiger partial charge >= 0.3 is 0 Å². The van der Waals surface area contributed by atoms with Crippen molar-refractivity contribution in [2.45, 2.75) is 47.1 Å². The molecule has 1 fully saturated rings. The van der Waals surface area contributed by atoms with Crippen LogP contribution in [-0.4, -0.2) is 29.9 Å². The molecule has 1 saturated heterocycles. The van der Waals surface area contributed by atoms with Crippen LogP contribution in [0.4, 0.5) is 11.4 Å². The smallest absolute Gasteiger partial charge is 0.300 e. The second-order valence-electron chi connectivity index (χ2n) is 9.27. The maximum atomic E-state index is 13.5. The Morgan fingerprint density at radius 1 is 0.889 bits per heavy atom. The van der Waals surface area contributed by atoms with E-state index in [2.05, 4.69) is 25.7 Å². The lowest BCUT2D eigenvalue weighted by molar-refractivity contribution is -0.132. The predicted octanol–water partition coefficient (Wildman–Crippen LogP) is 6.34. The highest BCUT2D eigenvalue weighted by Gasteiger charge is 2.47. The number of carbonyl (C=O) groups is 2. The molecule has 0 bridgehead atoms. The number of hydrogen-bond donors (Lipinski definition) is 1. The summed E-state index contributed by atoms with van der Waals surface area (Å²) in [6, 6.07) is 20.6. The first-order chi connectivity index (χ1) is 17.3. The van der Waals surface area contributed by atoms with E-state index in [1.54, 1.807) is 0 Å². The van der Waals surface area contributed by atoms with E-state index in [0.717, 1.165) is 47.5 Å². The van der Waals surface area contributed by atoms with Crippen LogP contribution in [0.25, 0.3) is 5.76 Å². The van der Waals surface area contributed by atoms with Crippen LogP contribution in [-0.2, 0) is 16.0 Å². The number of carbonyl (C=O) groups excluding carboxylic acids is 2. The lowest BCUT2D eigenvalue weighted by Gasteiger charge is -2.27. The Labute approximate surface area is 213 Å². The summed E-state index contributed by atoms with van der Waals surface area (Å²) in [4.78, 5) is 30.6. The molecular formula is C31H34N2O3. The molecule has 0 radical (unpaired) electrons. The quantitative estimate of drug-likeness (QED) is 0.243. The monoisotopic (exact) mass is 482 g/mol. The molecule has 4 rings (SSSR count). The number of Topliss-reactive ketones (excluding diaryl/α,β-unsaturated/α-hetero) is 1. The van der Waals surface area contributed by atoms with Crippen molar-refractivity contribution in [2.75, 3.05) is 22.9 Å². The lowest BCUT2D eigenvalue weighted by atomic mass is 9.93. The Kier molecular flexibility index (Phi) is 7.30. The summed E-state index contributed by atoms with van der Waals surface area (Å²) in [7, 11) is 0. The molecule has 1 N–H and O–H groups in total. The zero-order valence-corrected chi connectivity index (χ0v) is 21.7. The van der Waals surface area contributed by atoms with Crippen molar-refractivity contribution in [3.63, 3.8) is 0 Å². The molecular weight excluding hydrogens is 448 g/mol. The van der Waals surface area contributed by atoms with Crippen LogP contribution in [0.15, 0.2) is 72.3 Å². The number of amides is 1. The molecule has 0 spiro atoms. The summed E-state index contributed by atoms with van der Waals surface area (Å²) in [6.07, 6.45) is 0.877. The molecule has 1 aliphatic heterocycles. The molecule has 5 nitrogen and oxygen atoms in total. The van der Waals surface area contributed by atoms with Gasteiger partial charge in [0.25, 0.3) is 11.7 Å². The van der Waals surface area contributed by atoms with E-state index < -0.39 is 17.7 Å². The Balaban J connectivity index is 1.91. The Morgan fingerprint density at radius 3 is 2.11 bits per heavy atom. The number of nitrogens with zero attached hydrogens (tertiary/aromatic N) is 2. The minimum Gasteiger partial charge on any atom is -0.507 e. The maximum Gasteiger partial charge on any atom is 0.300 e. The second kappa shape index (κ2) is 10.4. The molecule has 0 aromatic heterocycles. The maximum absolute atomic E-state index is 13.5. The molecule has 0 aliphatic carbocycles. The van der Waals surface area contributed by atoms with Crippen LogP contribution in [0.2, 0.25) is 0 Å². The number of anilines is 2. The van der Waals surface area contributed by atoms with E-state index in [1.165, 1.54) is 4.90 Å². The Morgan fingerprint density at radius 2 is 1.53 bits per heavy atom. The van der Waals surface area contributed by atoms with Crippen molar-refractivity contribution in [2.24, 2.45) is 0 Å². The van der Waals surface area contributed by atoms with E-state index in [9.17, 15) is 14.7 Å². The normalized spacial score (nSPS) is 17.0. The van der Waals surface area contributed by atoms with Gasteiger partial charge in [0.05, 0.1) is 11.6 Å². The first-order valence-electron chi connectivity index (χ1n) is 12.6. The van der Waals surface area contributed by atoms with E-state index in [0.29, 0.717) is 11.3 Å². The summed E-state index contributed by atoms with van der Waals surface area (Å²) >= 11 is 0. The van der Waals surface area contributed by atoms with E-state index in [-0.39, 0.29) is 11.3 Å². The molecule has 36 heavy (non-hydrogen) atoms. The molecule has 5 heteroatoms. The number of ketones is 1. The van der Waals surface area contributed by atoms with Gasteiger partial charge in [0, 0.05) is 30.0 Å². The lowest BCUT2D eigenvalue weighted by Crippen LogP contribution is -2.29. The molecule has 1 amide bonds. The van der Waals surface area contributed by atoms with Crippen molar-refractivity contribution in [1.82, 2.24) is 0 Å². The fraction of sp³-hybridized carbons (Fsp3) is 0.290. The number of aryl methyl sites for hydroxylation is 3. The summed E-state index contributed by atoms with van der Waals surface area (Å²) in [5.41, 5.74) is 6.11. The third kappa shape index (κ3) is 4.53. The van der Waals surface area contributed by atoms with Gasteiger partial charge in [-0.3, -0.25) is 14.5 Å². The molecule has 1 heterocycles. The van der Waals surface area contributed by atoms with Gasteiger partial charge < -0.3 is 10.0 Å². The molecule has 0 saturated carbocycles. The fourth-order valence-corrected chi connectivity index (χ4v) is 4.90. The fourth-order valence-electron chi connectivity index (χ4n) is 4.90. The minimum absolute atomic E-state index is 0.115.